The van der Waals surface area contributed by atoms with Gasteiger partial charge in [-0.15, -0.1) is 0 Å². The van der Waals surface area contributed by atoms with Crippen LogP contribution in [0.4, 0.5) is 0 Å². The molecule has 1 aliphatic rings. The summed E-state index contributed by atoms with van der Waals surface area (Å²) in [7, 11) is -4.67. The quantitative estimate of drug-likeness (QED) is 0.584. The van der Waals surface area contributed by atoms with Crippen LogP contribution in [-0.4, -0.2) is 26.5 Å². The molecule has 1 fully saturated rings. The summed E-state index contributed by atoms with van der Waals surface area (Å²) < 4.78 is 32.5. The highest BCUT2D eigenvalue weighted by molar-refractivity contribution is 7.89. The van der Waals surface area contributed by atoms with Crippen molar-refractivity contribution in [1.29, 1.82) is 0 Å². The van der Waals surface area contributed by atoms with Gasteiger partial charge in [0.1, 0.15) is 0 Å². The van der Waals surface area contributed by atoms with E-state index in [-0.39, 0.29) is 17.8 Å². The maximum atomic E-state index is 12.8. The molecule has 1 aromatic carbocycles. The summed E-state index contributed by atoms with van der Waals surface area (Å²) in [4.78, 5) is 0. The minimum atomic E-state index is -3.27. The molecule has 2 aromatic rings. The van der Waals surface area contributed by atoms with Gasteiger partial charge in [-0.25, -0.2) is 8.42 Å². The van der Waals surface area contributed by atoms with Crippen LogP contribution < -0.4 is 0 Å². The van der Waals surface area contributed by atoms with Gasteiger partial charge < -0.3 is 4.42 Å². The van der Waals surface area contributed by atoms with Gasteiger partial charge >= 0.3 is 0 Å². The van der Waals surface area contributed by atoms with Crippen LogP contribution in [-0.2, 0) is 10.0 Å². The third-order valence-electron chi connectivity index (χ3n) is 4.21. The molecule has 4 nitrogen and oxygen atoms in total. The minimum absolute atomic E-state index is 0.111. The topological polar surface area (TPSA) is 50.3 Å². The molecule has 1 aromatic heterocycles. The second kappa shape index (κ2) is 5.92. The Morgan fingerprint density at radius 3 is 2.26 bits per heavy atom. The van der Waals surface area contributed by atoms with Crippen LogP contribution in [0.5, 0.6) is 0 Å². The maximum absolute atomic E-state index is 12.8. The lowest BCUT2D eigenvalue weighted by atomic mass is 10.1. The zero-order valence-corrected chi connectivity index (χ0v) is 15.6. The van der Waals surface area contributed by atoms with Crippen molar-refractivity contribution in [3.05, 3.63) is 60.1 Å². The van der Waals surface area contributed by atoms with Gasteiger partial charge in [0.25, 0.3) is 0 Å². The standard InChI is InChI=1S/C17H23NO3SSi/c1-23(2,3)12-11-22(19,20)18-16(14-7-5-4-6-8-14)17(18)15-9-10-21-13-15/h4-10,13,16-17H,11-12H2,1-3H3/t16-,17-,18?/m0/s1. The highest BCUT2D eigenvalue weighted by Crippen LogP contribution is 2.56. The molecular formula is C17H23NO3SSi. The van der Waals surface area contributed by atoms with Crippen LogP contribution in [0.15, 0.2) is 53.3 Å². The number of benzene rings is 1. The Hall–Kier alpha value is -1.37. The molecule has 23 heavy (non-hydrogen) atoms. The Morgan fingerprint density at radius 1 is 1.04 bits per heavy atom. The summed E-state index contributed by atoms with van der Waals surface area (Å²) >= 11 is 0. The molecule has 3 rings (SSSR count). The van der Waals surface area contributed by atoms with E-state index in [4.69, 9.17) is 4.42 Å². The number of hydrogen-bond acceptors (Lipinski definition) is 3. The molecule has 0 spiro atoms. The zero-order chi connectivity index (χ0) is 16.7. The molecule has 0 radical (unpaired) electrons. The van der Waals surface area contributed by atoms with Crippen molar-refractivity contribution < 1.29 is 12.8 Å². The van der Waals surface area contributed by atoms with E-state index < -0.39 is 18.1 Å². The smallest absolute Gasteiger partial charge is 0.215 e. The Bertz CT molecular complexity index is 751. The summed E-state index contributed by atoms with van der Waals surface area (Å²) in [6.07, 6.45) is 3.25. The molecule has 0 bridgehead atoms. The van der Waals surface area contributed by atoms with Crippen molar-refractivity contribution in [3.8, 4) is 0 Å². The average molecular weight is 350 g/mol. The Labute approximate surface area is 139 Å². The van der Waals surface area contributed by atoms with Crippen molar-refractivity contribution in [2.45, 2.75) is 37.8 Å². The molecule has 0 aliphatic carbocycles. The summed E-state index contributed by atoms with van der Waals surface area (Å²) in [6, 6.07) is 12.2. The first-order chi connectivity index (χ1) is 10.8. The Morgan fingerprint density at radius 2 is 1.70 bits per heavy atom. The first kappa shape index (κ1) is 16.5. The van der Waals surface area contributed by atoms with E-state index in [9.17, 15) is 8.42 Å². The van der Waals surface area contributed by atoms with E-state index in [1.54, 1.807) is 16.8 Å². The zero-order valence-electron chi connectivity index (χ0n) is 13.8. The van der Waals surface area contributed by atoms with Gasteiger partial charge in [0.05, 0.1) is 30.4 Å². The second-order valence-electron chi connectivity index (χ2n) is 7.31. The highest BCUT2D eigenvalue weighted by Gasteiger charge is 2.56. The van der Waals surface area contributed by atoms with E-state index in [0.717, 1.165) is 17.2 Å². The van der Waals surface area contributed by atoms with Gasteiger partial charge in [0.15, 0.2) is 0 Å². The summed E-state index contributed by atoms with van der Waals surface area (Å²) in [5.41, 5.74) is 1.96. The van der Waals surface area contributed by atoms with Crippen molar-refractivity contribution >= 4 is 18.1 Å². The van der Waals surface area contributed by atoms with Crippen LogP contribution in [0, 0.1) is 0 Å². The van der Waals surface area contributed by atoms with Crippen molar-refractivity contribution in [2.24, 2.45) is 0 Å². The van der Waals surface area contributed by atoms with E-state index in [1.807, 2.05) is 36.4 Å². The molecule has 1 unspecified atom stereocenters. The average Bonchev–Trinajstić information content (AvgIpc) is 3.03. The van der Waals surface area contributed by atoms with E-state index in [0.29, 0.717) is 0 Å². The predicted molar refractivity (Wildman–Crippen MR) is 94.4 cm³/mol. The van der Waals surface area contributed by atoms with E-state index in [2.05, 4.69) is 19.6 Å². The first-order valence-electron chi connectivity index (χ1n) is 7.88. The van der Waals surface area contributed by atoms with E-state index in [1.165, 1.54) is 0 Å². The second-order valence-corrected chi connectivity index (χ2v) is 14.9. The van der Waals surface area contributed by atoms with Gasteiger partial charge in [0.2, 0.25) is 10.0 Å². The van der Waals surface area contributed by atoms with Crippen LogP contribution >= 0.6 is 0 Å². The molecule has 0 N–H and O–H groups in total. The highest BCUT2D eigenvalue weighted by atomic mass is 32.2. The third-order valence-corrected chi connectivity index (χ3v) is 8.14. The Kier molecular flexibility index (Phi) is 4.24. The SMILES string of the molecule is C[Si](C)(C)CCS(=O)(=O)N1[C@@H](c2ccccc2)[C@@H]1c1ccoc1. The van der Waals surface area contributed by atoms with Crippen LogP contribution in [0.3, 0.4) is 0 Å². The number of hydrogen-bond donors (Lipinski definition) is 0. The molecule has 3 atom stereocenters. The maximum Gasteiger partial charge on any atom is 0.215 e. The lowest BCUT2D eigenvalue weighted by molar-refractivity contribution is 0.545. The summed E-state index contributed by atoms with van der Waals surface area (Å²) in [5.74, 6) is 0.237. The lowest BCUT2D eigenvalue weighted by Crippen LogP contribution is -2.26. The fourth-order valence-corrected chi connectivity index (χ4v) is 7.65. The first-order valence-corrected chi connectivity index (χ1v) is 13.2. The van der Waals surface area contributed by atoms with Gasteiger partial charge in [-0.05, 0) is 17.7 Å². The van der Waals surface area contributed by atoms with Crippen LogP contribution in [0.1, 0.15) is 23.2 Å². The summed E-state index contributed by atoms with van der Waals surface area (Å²) in [6.45, 7) is 6.60. The Balaban J connectivity index is 1.87. The molecule has 1 aliphatic heterocycles. The van der Waals surface area contributed by atoms with Gasteiger partial charge in [-0.1, -0.05) is 50.0 Å². The summed E-state index contributed by atoms with van der Waals surface area (Å²) in [5, 5.41) is 0. The normalized spacial score (nSPS) is 24.6. The molecule has 2 heterocycles. The largest absolute Gasteiger partial charge is 0.472 e. The number of sulfonamides is 1. The van der Waals surface area contributed by atoms with Gasteiger partial charge in [0, 0.05) is 13.6 Å². The van der Waals surface area contributed by atoms with Crippen LogP contribution in [0.2, 0.25) is 25.7 Å². The fourth-order valence-electron chi connectivity index (χ4n) is 2.85. The monoisotopic (exact) mass is 349 g/mol. The lowest BCUT2D eigenvalue weighted by Gasteiger charge is -2.16. The number of furan rings is 1. The predicted octanol–water partition coefficient (Wildman–Crippen LogP) is 4.05. The molecule has 0 saturated carbocycles. The minimum Gasteiger partial charge on any atom is -0.472 e. The molecule has 6 heteroatoms. The van der Waals surface area contributed by atoms with Crippen LogP contribution in [0.25, 0.3) is 0 Å². The van der Waals surface area contributed by atoms with Crippen molar-refractivity contribution in [2.75, 3.05) is 5.75 Å². The molecule has 124 valence electrons. The molecule has 0 amide bonds. The molecular weight excluding hydrogens is 326 g/mol. The van der Waals surface area contributed by atoms with E-state index >= 15 is 0 Å². The van der Waals surface area contributed by atoms with Gasteiger partial charge in [-0.2, -0.15) is 4.31 Å². The third kappa shape index (κ3) is 3.59. The number of rotatable bonds is 6. The van der Waals surface area contributed by atoms with Gasteiger partial charge in [-0.3, -0.25) is 0 Å². The van der Waals surface area contributed by atoms with Crippen molar-refractivity contribution in [3.63, 3.8) is 0 Å². The molecule has 1 saturated heterocycles. The van der Waals surface area contributed by atoms with Crippen molar-refractivity contribution in [1.82, 2.24) is 4.31 Å². The number of nitrogens with zero attached hydrogens (tertiary/aromatic N) is 1. The fraction of sp³-hybridized carbons (Fsp3) is 0.412.